The first kappa shape index (κ1) is 15.0. The van der Waals surface area contributed by atoms with E-state index in [0.29, 0.717) is 12.1 Å². The number of rotatable bonds is 5. The maximum absolute atomic E-state index is 12.3. The van der Waals surface area contributed by atoms with Gasteiger partial charge in [0.15, 0.2) is 0 Å². The second kappa shape index (κ2) is 6.89. The summed E-state index contributed by atoms with van der Waals surface area (Å²) in [5, 5.41) is 9.77. The zero-order chi connectivity index (χ0) is 16.1. The highest BCUT2D eigenvalue weighted by Gasteiger charge is 2.14. The highest BCUT2D eigenvalue weighted by atomic mass is 16.2. The van der Waals surface area contributed by atoms with Gasteiger partial charge in [-0.2, -0.15) is 5.10 Å². The number of aromatic nitrogens is 2. The predicted molar refractivity (Wildman–Crippen MR) is 90.8 cm³/mol. The Labute approximate surface area is 134 Å². The van der Waals surface area contributed by atoms with E-state index in [0.717, 1.165) is 16.8 Å². The summed E-state index contributed by atoms with van der Waals surface area (Å²) < 4.78 is 0. The lowest BCUT2D eigenvalue weighted by Crippen LogP contribution is -2.37. The number of nitrogens with one attached hydrogen (secondary N) is 2. The Morgan fingerprint density at radius 2 is 1.96 bits per heavy atom. The lowest BCUT2D eigenvalue weighted by molar-refractivity contribution is -0.117. The van der Waals surface area contributed by atoms with E-state index in [2.05, 4.69) is 15.5 Å². The molecule has 0 aliphatic rings. The van der Waals surface area contributed by atoms with Gasteiger partial charge in [0.25, 0.3) is 0 Å². The maximum atomic E-state index is 12.3. The number of aromatic amines is 1. The quantitative estimate of drug-likeness (QED) is 0.677. The van der Waals surface area contributed by atoms with Crippen molar-refractivity contribution in [2.75, 3.05) is 5.32 Å². The van der Waals surface area contributed by atoms with Crippen molar-refractivity contribution in [2.24, 2.45) is 5.73 Å². The van der Waals surface area contributed by atoms with Crippen molar-refractivity contribution in [1.29, 1.82) is 0 Å². The molecule has 3 rings (SSSR count). The van der Waals surface area contributed by atoms with Crippen LogP contribution in [0.2, 0.25) is 0 Å². The largest absolute Gasteiger partial charge is 0.325 e. The number of nitrogens with zero attached hydrogens (tertiary/aromatic N) is 1. The fourth-order valence-electron chi connectivity index (χ4n) is 2.37. The van der Waals surface area contributed by atoms with Crippen LogP contribution in [0.25, 0.3) is 11.3 Å². The molecule has 116 valence electrons. The highest BCUT2D eigenvalue weighted by molar-refractivity contribution is 5.95. The van der Waals surface area contributed by atoms with Gasteiger partial charge in [-0.1, -0.05) is 42.5 Å². The predicted octanol–water partition coefficient (Wildman–Crippen LogP) is 2.59. The standard InChI is InChI=1S/C18H18N4O/c19-16(11-13-5-2-1-3-6-13)18(23)21-15-8-4-7-14(12-15)17-9-10-20-22-17/h1-10,12,16H,11,19H2,(H,20,22)(H,21,23)/t16-/m0/s1. The Hall–Kier alpha value is -2.92. The van der Waals surface area contributed by atoms with Crippen molar-refractivity contribution in [3.63, 3.8) is 0 Å². The number of benzene rings is 2. The average Bonchev–Trinajstić information content (AvgIpc) is 3.10. The minimum atomic E-state index is -0.591. The first-order valence-electron chi connectivity index (χ1n) is 7.43. The molecule has 1 atom stereocenters. The van der Waals surface area contributed by atoms with Gasteiger partial charge in [-0.05, 0) is 30.2 Å². The zero-order valence-corrected chi connectivity index (χ0v) is 12.6. The molecular weight excluding hydrogens is 288 g/mol. The Bertz CT molecular complexity index is 769. The molecule has 3 aromatic rings. The van der Waals surface area contributed by atoms with Crippen molar-refractivity contribution >= 4 is 11.6 Å². The van der Waals surface area contributed by atoms with Gasteiger partial charge in [0.1, 0.15) is 0 Å². The van der Waals surface area contributed by atoms with E-state index >= 15 is 0 Å². The van der Waals surface area contributed by atoms with Crippen LogP contribution in [0.5, 0.6) is 0 Å². The lowest BCUT2D eigenvalue weighted by atomic mass is 10.1. The third-order valence-electron chi connectivity index (χ3n) is 3.56. The average molecular weight is 306 g/mol. The SMILES string of the molecule is N[C@@H](Cc1ccccc1)C(=O)Nc1cccc(-c2cc[nH]n2)c1. The first-order valence-corrected chi connectivity index (χ1v) is 7.43. The van der Waals surface area contributed by atoms with Gasteiger partial charge in [-0.25, -0.2) is 0 Å². The van der Waals surface area contributed by atoms with Crippen LogP contribution < -0.4 is 11.1 Å². The van der Waals surface area contributed by atoms with Crippen LogP contribution in [0.15, 0.2) is 66.9 Å². The van der Waals surface area contributed by atoms with E-state index < -0.39 is 6.04 Å². The van der Waals surface area contributed by atoms with Crippen molar-refractivity contribution in [2.45, 2.75) is 12.5 Å². The number of hydrogen-bond donors (Lipinski definition) is 3. The van der Waals surface area contributed by atoms with E-state index in [-0.39, 0.29) is 5.91 Å². The van der Waals surface area contributed by atoms with Gasteiger partial charge < -0.3 is 11.1 Å². The van der Waals surface area contributed by atoms with Crippen LogP contribution in [0.4, 0.5) is 5.69 Å². The Kier molecular flexibility index (Phi) is 4.49. The zero-order valence-electron chi connectivity index (χ0n) is 12.6. The molecule has 0 spiro atoms. The third-order valence-corrected chi connectivity index (χ3v) is 3.56. The minimum Gasteiger partial charge on any atom is -0.325 e. The Morgan fingerprint density at radius 3 is 2.70 bits per heavy atom. The van der Waals surface area contributed by atoms with Gasteiger partial charge in [-0.15, -0.1) is 0 Å². The van der Waals surface area contributed by atoms with Crippen molar-refractivity contribution in [3.05, 3.63) is 72.4 Å². The van der Waals surface area contributed by atoms with Crippen molar-refractivity contribution in [3.8, 4) is 11.3 Å². The molecule has 1 amide bonds. The van der Waals surface area contributed by atoms with Gasteiger partial charge in [0, 0.05) is 17.4 Å². The molecule has 0 fully saturated rings. The van der Waals surface area contributed by atoms with Gasteiger partial charge in [0.2, 0.25) is 5.91 Å². The molecule has 0 saturated heterocycles. The van der Waals surface area contributed by atoms with Crippen LogP contribution in [-0.4, -0.2) is 22.1 Å². The number of hydrogen-bond acceptors (Lipinski definition) is 3. The fourth-order valence-corrected chi connectivity index (χ4v) is 2.37. The summed E-state index contributed by atoms with van der Waals surface area (Å²) in [7, 11) is 0. The molecule has 1 heterocycles. The number of carbonyl (C=O) groups is 1. The molecule has 0 aliphatic carbocycles. The minimum absolute atomic E-state index is 0.201. The van der Waals surface area contributed by atoms with Crippen LogP contribution in [-0.2, 0) is 11.2 Å². The first-order chi connectivity index (χ1) is 11.2. The highest BCUT2D eigenvalue weighted by Crippen LogP contribution is 2.20. The number of H-pyrrole nitrogens is 1. The smallest absolute Gasteiger partial charge is 0.241 e. The molecule has 1 aromatic heterocycles. The van der Waals surface area contributed by atoms with E-state index in [1.807, 2.05) is 60.7 Å². The summed E-state index contributed by atoms with van der Waals surface area (Å²) in [5.41, 5.74) is 9.51. The number of amides is 1. The summed E-state index contributed by atoms with van der Waals surface area (Å²) in [6.07, 6.45) is 2.27. The summed E-state index contributed by atoms with van der Waals surface area (Å²) >= 11 is 0. The molecule has 0 unspecified atom stereocenters. The summed E-state index contributed by atoms with van der Waals surface area (Å²) in [5.74, 6) is -0.201. The lowest BCUT2D eigenvalue weighted by Gasteiger charge is -2.13. The van der Waals surface area contributed by atoms with E-state index in [1.54, 1.807) is 6.20 Å². The van der Waals surface area contributed by atoms with Crippen LogP contribution in [0.3, 0.4) is 0 Å². The monoisotopic (exact) mass is 306 g/mol. The van der Waals surface area contributed by atoms with Gasteiger partial charge in [0.05, 0.1) is 11.7 Å². The number of nitrogens with two attached hydrogens (primary N) is 1. The molecule has 5 heteroatoms. The molecular formula is C18H18N4O. The van der Waals surface area contributed by atoms with Crippen molar-refractivity contribution in [1.82, 2.24) is 10.2 Å². The Balaban J connectivity index is 1.67. The Morgan fingerprint density at radius 1 is 1.13 bits per heavy atom. The molecule has 4 N–H and O–H groups in total. The van der Waals surface area contributed by atoms with Crippen LogP contribution >= 0.6 is 0 Å². The third kappa shape index (κ3) is 3.84. The van der Waals surface area contributed by atoms with Crippen LogP contribution in [0, 0.1) is 0 Å². The molecule has 23 heavy (non-hydrogen) atoms. The summed E-state index contributed by atoms with van der Waals surface area (Å²) in [6, 6.07) is 18.6. The van der Waals surface area contributed by atoms with E-state index in [1.165, 1.54) is 0 Å². The topological polar surface area (TPSA) is 83.8 Å². The summed E-state index contributed by atoms with van der Waals surface area (Å²) in [6.45, 7) is 0. The normalized spacial score (nSPS) is 11.9. The van der Waals surface area contributed by atoms with E-state index in [9.17, 15) is 4.79 Å². The van der Waals surface area contributed by atoms with E-state index in [4.69, 9.17) is 5.73 Å². The second-order valence-corrected chi connectivity index (χ2v) is 5.33. The van der Waals surface area contributed by atoms with Gasteiger partial charge >= 0.3 is 0 Å². The van der Waals surface area contributed by atoms with Crippen molar-refractivity contribution < 1.29 is 4.79 Å². The van der Waals surface area contributed by atoms with Crippen LogP contribution in [0.1, 0.15) is 5.56 Å². The molecule has 5 nitrogen and oxygen atoms in total. The number of carbonyl (C=O) groups excluding carboxylic acids is 1. The molecule has 0 saturated carbocycles. The molecule has 0 radical (unpaired) electrons. The molecule has 0 aliphatic heterocycles. The summed E-state index contributed by atoms with van der Waals surface area (Å²) in [4.78, 5) is 12.3. The number of anilines is 1. The van der Waals surface area contributed by atoms with Gasteiger partial charge in [-0.3, -0.25) is 9.89 Å². The maximum Gasteiger partial charge on any atom is 0.241 e. The second-order valence-electron chi connectivity index (χ2n) is 5.33. The fraction of sp³-hybridized carbons (Fsp3) is 0.111. The molecule has 0 bridgehead atoms. The molecule has 2 aromatic carbocycles.